The van der Waals surface area contributed by atoms with E-state index in [1.165, 1.54) is 5.56 Å². The highest BCUT2D eigenvalue weighted by molar-refractivity contribution is 5.67. The van der Waals surface area contributed by atoms with Crippen molar-refractivity contribution in [3.05, 3.63) is 36.2 Å². The molecule has 0 fully saturated rings. The Hall–Kier alpha value is -1.77. The van der Waals surface area contributed by atoms with Crippen LogP contribution < -0.4 is 5.73 Å². The number of anilines is 1. The maximum Gasteiger partial charge on any atom is 0.0568 e. The quantitative estimate of drug-likeness (QED) is 0.782. The van der Waals surface area contributed by atoms with Crippen LogP contribution in [-0.2, 0) is 0 Å². The van der Waals surface area contributed by atoms with Gasteiger partial charge in [-0.3, -0.25) is 4.68 Å². The van der Waals surface area contributed by atoms with Crippen molar-refractivity contribution >= 4 is 5.69 Å². The highest BCUT2D eigenvalue weighted by Crippen LogP contribution is 2.23. The van der Waals surface area contributed by atoms with E-state index in [2.05, 4.69) is 31.2 Å². The first-order valence-corrected chi connectivity index (χ1v) is 5.48. The molecule has 0 unspecified atom stereocenters. The normalized spacial score (nSPS) is 11.0. The van der Waals surface area contributed by atoms with Gasteiger partial charge in [-0.1, -0.05) is 6.07 Å². The van der Waals surface area contributed by atoms with Gasteiger partial charge in [0.25, 0.3) is 0 Å². The molecule has 0 bridgehead atoms. The van der Waals surface area contributed by atoms with Crippen LogP contribution in [0.15, 0.2) is 30.6 Å². The lowest BCUT2D eigenvalue weighted by atomic mass is 10.1. The molecule has 16 heavy (non-hydrogen) atoms. The summed E-state index contributed by atoms with van der Waals surface area (Å²) in [6, 6.07) is 6.46. The number of hydrogen-bond donors (Lipinski definition) is 1. The molecular weight excluding hydrogens is 198 g/mol. The fraction of sp³-hybridized carbons (Fsp3) is 0.308. The lowest BCUT2D eigenvalue weighted by Gasteiger charge is -2.04. The van der Waals surface area contributed by atoms with Crippen molar-refractivity contribution in [2.45, 2.75) is 26.8 Å². The molecule has 2 N–H and O–H groups in total. The SMILES string of the molecule is Cc1cc(N)cc(-c2cnn(C(C)C)c2)c1. The highest BCUT2D eigenvalue weighted by Gasteiger charge is 2.05. The second-order valence-electron chi connectivity index (χ2n) is 4.44. The van der Waals surface area contributed by atoms with Gasteiger partial charge in [0.1, 0.15) is 0 Å². The number of rotatable bonds is 2. The van der Waals surface area contributed by atoms with Crippen molar-refractivity contribution in [2.75, 3.05) is 5.73 Å². The summed E-state index contributed by atoms with van der Waals surface area (Å²) in [7, 11) is 0. The molecule has 3 heteroatoms. The summed E-state index contributed by atoms with van der Waals surface area (Å²) in [4.78, 5) is 0. The molecule has 0 saturated carbocycles. The Kier molecular flexibility index (Phi) is 2.69. The first-order valence-electron chi connectivity index (χ1n) is 5.48. The van der Waals surface area contributed by atoms with Crippen LogP contribution in [0.1, 0.15) is 25.5 Å². The standard InChI is InChI=1S/C13H17N3/c1-9(2)16-8-12(7-15-16)11-4-10(3)5-13(14)6-11/h4-9H,14H2,1-3H3. The summed E-state index contributed by atoms with van der Waals surface area (Å²) in [5.41, 5.74) is 10.1. The van der Waals surface area contributed by atoms with Crippen molar-refractivity contribution in [1.82, 2.24) is 9.78 Å². The van der Waals surface area contributed by atoms with Crippen LogP contribution in [0.25, 0.3) is 11.1 Å². The van der Waals surface area contributed by atoms with Crippen LogP contribution in [-0.4, -0.2) is 9.78 Å². The van der Waals surface area contributed by atoms with Gasteiger partial charge in [0, 0.05) is 23.5 Å². The smallest absolute Gasteiger partial charge is 0.0568 e. The second kappa shape index (κ2) is 4.00. The van der Waals surface area contributed by atoms with Crippen molar-refractivity contribution < 1.29 is 0 Å². The Morgan fingerprint density at radius 2 is 1.94 bits per heavy atom. The fourth-order valence-electron chi connectivity index (χ4n) is 1.75. The Bertz CT molecular complexity index is 477. The van der Waals surface area contributed by atoms with Gasteiger partial charge in [0.05, 0.1) is 6.20 Å². The van der Waals surface area contributed by atoms with Crippen molar-refractivity contribution in [2.24, 2.45) is 0 Å². The zero-order valence-electron chi connectivity index (χ0n) is 9.94. The van der Waals surface area contributed by atoms with Crippen molar-refractivity contribution in [3.8, 4) is 11.1 Å². The van der Waals surface area contributed by atoms with E-state index in [1.54, 1.807) is 0 Å². The van der Waals surface area contributed by atoms with Gasteiger partial charge in [-0.05, 0) is 44.0 Å². The minimum Gasteiger partial charge on any atom is -0.399 e. The van der Waals surface area contributed by atoms with E-state index in [1.807, 2.05) is 29.9 Å². The molecule has 0 amide bonds. The van der Waals surface area contributed by atoms with Gasteiger partial charge < -0.3 is 5.73 Å². The van der Waals surface area contributed by atoms with E-state index >= 15 is 0 Å². The van der Waals surface area contributed by atoms with E-state index in [9.17, 15) is 0 Å². The topological polar surface area (TPSA) is 43.8 Å². The van der Waals surface area contributed by atoms with E-state index < -0.39 is 0 Å². The maximum absolute atomic E-state index is 5.84. The summed E-state index contributed by atoms with van der Waals surface area (Å²) >= 11 is 0. The minimum absolute atomic E-state index is 0.385. The van der Waals surface area contributed by atoms with Gasteiger partial charge in [-0.2, -0.15) is 5.10 Å². The number of nitrogens with zero attached hydrogens (tertiary/aromatic N) is 2. The molecular formula is C13H17N3. The predicted molar refractivity (Wildman–Crippen MR) is 67.2 cm³/mol. The number of nitrogens with two attached hydrogens (primary N) is 1. The summed E-state index contributed by atoms with van der Waals surface area (Å²) in [5.74, 6) is 0. The third-order valence-electron chi connectivity index (χ3n) is 2.56. The van der Waals surface area contributed by atoms with Crippen LogP contribution in [0.4, 0.5) is 5.69 Å². The summed E-state index contributed by atoms with van der Waals surface area (Å²) in [6.45, 7) is 6.27. The molecule has 0 aliphatic rings. The summed E-state index contributed by atoms with van der Waals surface area (Å²) in [5, 5.41) is 4.33. The second-order valence-corrected chi connectivity index (χ2v) is 4.44. The highest BCUT2D eigenvalue weighted by atomic mass is 15.3. The molecule has 2 aromatic rings. The van der Waals surface area contributed by atoms with Gasteiger partial charge >= 0.3 is 0 Å². The van der Waals surface area contributed by atoms with E-state index in [4.69, 9.17) is 5.73 Å². The number of nitrogen functional groups attached to an aromatic ring is 1. The first-order chi connectivity index (χ1) is 7.56. The Labute approximate surface area is 95.9 Å². The van der Waals surface area contributed by atoms with Gasteiger partial charge in [-0.15, -0.1) is 0 Å². The number of aromatic nitrogens is 2. The van der Waals surface area contributed by atoms with Crippen molar-refractivity contribution in [3.63, 3.8) is 0 Å². The molecule has 0 spiro atoms. The van der Waals surface area contributed by atoms with Crippen LogP contribution in [0.5, 0.6) is 0 Å². The third-order valence-corrected chi connectivity index (χ3v) is 2.56. The van der Waals surface area contributed by atoms with Gasteiger partial charge in [-0.25, -0.2) is 0 Å². The van der Waals surface area contributed by atoms with Crippen LogP contribution in [0, 0.1) is 6.92 Å². The molecule has 0 atom stereocenters. The van der Waals surface area contributed by atoms with Crippen LogP contribution >= 0.6 is 0 Å². The zero-order chi connectivity index (χ0) is 11.7. The Morgan fingerprint density at radius 1 is 1.19 bits per heavy atom. The molecule has 0 aliphatic heterocycles. The molecule has 2 rings (SSSR count). The first kappa shape index (κ1) is 10.7. The summed E-state index contributed by atoms with van der Waals surface area (Å²) < 4.78 is 1.95. The van der Waals surface area contributed by atoms with Crippen LogP contribution in [0.2, 0.25) is 0 Å². The van der Waals surface area contributed by atoms with E-state index in [0.29, 0.717) is 6.04 Å². The fourth-order valence-corrected chi connectivity index (χ4v) is 1.75. The van der Waals surface area contributed by atoms with E-state index in [-0.39, 0.29) is 0 Å². The monoisotopic (exact) mass is 215 g/mol. The molecule has 0 aliphatic carbocycles. The molecule has 1 aromatic heterocycles. The maximum atomic E-state index is 5.84. The van der Waals surface area contributed by atoms with Gasteiger partial charge in [0.15, 0.2) is 0 Å². The number of hydrogen-bond acceptors (Lipinski definition) is 2. The average Bonchev–Trinajstić information content (AvgIpc) is 2.64. The predicted octanol–water partition coefficient (Wildman–Crippen LogP) is 3.02. The van der Waals surface area contributed by atoms with Gasteiger partial charge in [0.2, 0.25) is 0 Å². The zero-order valence-corrected chi connectivity index (χ0v) is 9.94. The molecule has 3 nitrogen and oxygen atoms in total. The van der Waals surface area contributed by atoms with Crippen molar-refractivity contribution in [1.29, 1.82) is 0 Å². The third kappa shape index (κ3) is 2.08. The number of aryl methyl sites for hydroxylation is 1. The lowest BCUT2D eigenvalue weighted by Crippen LogP contribution is -1.99. The molecule has 84 valence electrons. The average molecular weight is 215 g/mol. The Morgan fingerprint density at radius 3 is 2.50 bits per heavy atom. The lowest BCUT2D eigenvalue weighted by molar-refractivity contribution is 0.532. The largest absolute Gasteiger partial charge is 0.399 e. The Balaban J connectivity index is 2.42. The number of benzene rings is 1. The molecule has 1 heterocycles. The molecule has 0 radical (unpaired) electrons. The van der Waals surface area contributed by atoms with Crippen LogP contribution in [0.3, 0.4) is 0 Å². The molecule has 0 saturated heterocycles. The van der Waals surface area contributed by atoms with E-state index in [0.717, 1.165) is 16.8 Å². The molecule has 1 aromatic carbocycles. The summed E-state index contributed by atoms with van der Waals surface area (Å²) in [6.07, 6.45) is 3.94. The minimum atomic E-state index is 0.385.